The quantitative estimate of drug-likeness (QED) is 0.922. The van der Waals surface area contributed by atoms with Crippen LogP contribution in [0, 0.1) is 0 Å². The fraction of sp³-hybridized carbons (Fsp3) is 0.533. The number of carbonyl (C=O) groups excluding carboxylic acids is 1. The number of likely N-dealkylation sites (tertiary alicyclic amines) is 1. The van der Waals surface area contributed by atoms with E-state index in [1.54, 1.807) is 25.1 Å². The number of piperidine rings is 1. The van der Waals surface area contributed by atoms with Crippen LogP contribution >= 0.6 is 23.2 Å². The first-order chi connectivity index (χ1) is 9.97. The van der Waals surface area contributed by atoms with Crippen molar-refractivity contribution in [1.82, 2.24) is 10.2 Å². The van der Waals surface area contributed by atoms with E-state index in [4.69, 9.17) is 27.9 Å². The third kappa shape index (κ3) is 4.50. The Morgan fingerprint density at radius 3 is 2.71 bits per heavy atom. The third-order valence-corrected chi connectivity index (χ3v) is 4.46. The second kappa shape index (κ2) is 7.34. The van der Waals surface area contributed by atoms with Gasteiger partial charge in [0.1, 0.15) is 10.8 Å². The molecule has 1 aliphatic rings. The summed E-state index contributed by atoms with van der Waals surface area (Å²) in [5, 5.41) is 3.77. The minimum absolute atomic E-state index is 0.124. The van der Waals surface area contributed by atoms with Crippen molar-refractivity contribution in [3.8, 4) is 5.75 Å². The molecule has 1 N–H and O–H groups in total. The average Bonchev–Trinajstić information content (AvgIpc) is 2.46. The van der Waals surface area contributed by atoms with Crippen LogP contribution in [-0.2, 0) is 4.79 Å². The van der Waals surface area contributed by atoms with E-state index in [2.05, 4.69) is 17.3 Å². The molecule has 0 radical (unpaired) electrons. The van der Waals surface area contributed by atoms with E-state index in [9.17, 15) is 4.79 Å². The summed E-state index contributed by atoms with van der Waals surface area (Å²) in [5.41, 5.74) is 0. The molecule has 0 aliphatic carbocycles. The van der Waals surface area contributed by atoms with Crippen molar-refractivity contribution in [1.29, 1.82) is 0 Å². The first-order valence-corrected chi connectivity index (χ1v) is 7.82. The van der Waals surface area contributed by atoms with Gasteiger partial charge in [-0.2, -0.15) is 0 Å². The maximum Gasteiger partial charge on any atom is 0.260 e. The van der Waals surface area contributed by atoms with Crippen molar-refractivity contribution in [2.75, 3.05) is 20.1 Å². The summed E-state index contributed by atoms with van der Waals surface area (Å²) in [6.45, 7) is 3.71. The molecule has 0 bridgehead atoms. The number of benzene rings is 1. The lowest BCUT2D eigenvalue weighted by molar-refractivity contribution is -0.128. The highest BCUT2D eigenvalue weighted by Gasteiger charge is 2.22. The molecule has 21 heavy (non-hydrogen) atoms. The number of halogens is 2. The molecule has 0 aromatic heterocycles. The number of nitrogens with zero attached hydrogens (tertiary/aromatic N) is 1. The van der Waals surface area contributed by atoms with Crippen LogP contribution in [-0.4, -0.2) is 43.1 Å². The van der Waals surface area contributed by atoms with Crippen LogP contribution in [0.2, 0.25) is 10.0 Å². The fourth-order valence-electron chi connectivity index (χ4n) is 2.29. The molecule has 4 nitrogen and oxygen atoms in total. The molecule has 1 saturated heterocycles. The Kier molecular flexibility index (Phi) is 5.73. The zero-order valence-corrected chi connectivity index (χ0v) is 13.7. The first kappa shape index (κ1) is 16.4. The normalized spacial score (nSPS) is 18.3. The Balaban J connectivity index is 1.89. The molecular formula is C15H20Cl2N2O2. The molecule has 116 valence electrons. The number of hydrogen-bond acceptors (Lipinski definition) is 3. The summed E-state index contributed by atoms with van der Waals surface area (Å²) in [4.78, 5) is 14.4. The van der Waals surface area contributed by atoms with E-state index in [0.29, 0.717) is 15.8 Å². The molecule has 1 fully saturated rings. The second-order valence-corrected chi connectivity index (χ2v) is 6.18. The SMILES string of the molecule is C[C@H](Oc1cccc(Cl)c1Cl)C(=O)NC1CCN(C)CC1. The maximum absolute atomic E-state index is 12.2. The van der Waals surface area contributed by atoms with Gasteiger partial charge in [0.05, 0.1) is 5.02 Å². The lowest BCUT2D eigenvalue weighted by atomic mass is 10.1. The van der Waals surface area contributed by atoms with E-state index in [-0.39, 0.29) is 11.9 Å². The number of hydrogen-bond donors (Lipinski definition) is 1. The van der Waals surface area contributed by atoms with Gasteiger partial charge in [-0.15, -0.1) is 0 Å². The van der Waals surface area contributed by atoms with Crippen molar-refractivity contribution in [3.05, 3.63) is 28.2 Å². The van der Waals surface area contributed by atoms with Crippen molar-refractivity contribution < 1.29 is 9.53 Å². The van der Waals surface area contributed by atoms with E-state index in [0.717, 1.165) is 25.9 Å². The minimum Gasteiger partial charge on any atom is -0.479 e. The van der Waals surface area contributed by atoms with Gasteiger partial charge in [-0.3, -0.25) is 4.79 Å². The average molecular weight is 331 g/mol. The molecule has 1 atom stereocenters. The highest BCUT2D eigenvalue weighted by molar-refractivity contribution is 6.42. The molecule has 1 aromatic rings. The number of amides is 1. The summed E-state index contributed by atoms with van der Waals surface area (Å²) in [7, 11) is 2.09. The Morgan fingerprint density at radius 1 is 1.38 bits per heavy atom. The van der Waals surface area contributed by atoms with Crippen molar-refractivity contribution in [2.45, 2.75) is 31.9 Å². The molecule has 0 spiro atoms. The van der Waals surface area contributed by atoms with Gasteiger partial charge in [0, 0.05) is 6.04 Å². The summed E-state index contributed by atoms with van der Waals surface area (Å²) >= 11 is 12.0. The minimum atomic E-state index is -0.611. The van der Waals surface area contributed by atoms with Crippen molar-refractivity contribution in [3.63, 3.8) is 0 Å². The Labute approximate surface area is 135 Å². The van der Waals surface area contributed by atoms with Crippen LogP contribution in [0.3, 0.4) is 0 Å². The van der Waals surface area contributed by atoms with Crippen LogP contribution in [0.4, 0.5) is 0 Å². The standard InChI is InChI=1S/C15H20Cl2N2O2/c1-10(21-13-5-3-4-12(16)14(13)17)15(20)18-11-6-8-19(2)9-7-11/h3-5,10-11H,6-9H2,1-2H3,(H,18,20)/t10-/m0/s1. The van der Waals surface area contributed by atoms with Crippen molar-refractivity contribution >= 4 is 29.1 Å². The van der Waals surface area contributed by atoms with Crippen molar-refractivity contribution in [2.24, 2.45) is 0 Å². The van der Waals surface area contributed by atoms with E-state index < -0.39 is 6.10 Å². The Morgan fingerprint density at radius 2 is 2.05 bits per heavy atom. The van der Waals surface area contributed by atoms with Crippen LogP contribution in [0.15, 0.2) is 18.2 Å². The molecule has 0 saturated carbocycles. The lowest BCUT2D eigenvalue weighted by Gasteiger charge is -2.30. The van der Waals surface area contributed by atoms with Gasteiger partial charge >= 0.3 is 0 Å². The highest BCUT2D eigenvalue weighted by Crippen LogP contribution is 2.32. The molecule has 2 rings (SSSR count). The van der Waals surface area contributed by atoms with E-state index in [1.807, 2.05) is 0 Å². The van der Waals surface area contributed by atoms with Crippen LogP contribution in [0.25, 0.3) is 0 Å². The topological polar surface area (TPSA) is 41.6 Å². The smallest absolute Gasteiger partial charge is 0.260 e. The van der Waals surface area contributed by atoms with Gasteiger partial charge in [-0.05, 0) is 52.0 Å². The fourth-order valence-corrected chi connectivity index (χ4v) is 2.63. The number of rotatable bonds is 4. The van der Waals surface area contributed by atoms with E-state index in [1.165, 1.54) is 0 Å². The van der Waals surface area contributed by atoms with E-state index >= 15 is 0 Å². The highest BCUT2D eigenvalue weighted by atomic mass is 35.5. The monoisotopic (exact) mass is 330 g/mol. The molecule has 1 aliphatic heterocycles. The Hall–Kier alpha value is -0.970. The number of ether oxygens (including phenoxy) is 1. The summed E-state index contributed by atoms with van der Waals surface area (Å²) in [6, 6.07) is 5.34. The number of nitrogens with one attached hydrogen (secondary N) is 1. The summed E-state index contributed by atoms with van der Waals surface area (Å²) in [6.07, 6.45) is 1.32. The van der Waals surface area contributed by atoms with Gasteiger partial charge < -0.3 is 15.0 Å². The molecule has 1 amide bonds. The molecule has 6 heteroatoms. The number of carbonyl (C=O) groups is 1. The van der Waals surface area contributed by atoms with Gasteiger partial charge in [0.2, 0.25) is 0 Å². The van der Waals surface area contributed by atoms with Gasteiger partial charge in [-0.1, -0.05) is 29.3 Å². The molecule has 1 heterocycles. The maximum atomic E-state index is 12.2. The van der Waals surface area contributed by atoms with Gasteiger partial charge in [0.15, 0.2) is 6.10 Å². The lowest BCUT2D eigenvalue weighted by Crippen LogP contribution is -2.47. The third-order valence-electron chi connectivity index (χ3n) is 3.65. The van der Waals surface area contributed by atoms with Gasteiger partial charge in [-0.25, -0.2) is 0 Å². The predicted molar refractivity (Wildman–Crippen MR) is 85.2 cm³/mol. The largest absolute Gasteiger partial charge is 0.479 e. The molecule has 0 unspecified atom stereocenters. The first-order valence-electron chi connectivity index (χ1n) is 7.07. The Bertz CT molecular complexity index is 502. The zero-order chi connectivity index (χ0) is 15.4. The predicted octanol–water partition coefficient (Wildman–Crippen LogP) is 2.97. The summed E-state index contributed by atoms with van der Waals surface area (Å²) in [5.74, 6) is 0.302. The van der Waals surface area contributed by atoms with Crippen LogP contribution in [0.5, 0.6) is 5.75 Å². The van der Waals surface area contributed by atoms with Crippen LogP contribution in [0.1, 0.15) is 19.8 Å². The van der Waals surface area contributed by atoms with Crippen LogP contribution < -0.4 is 10.1 Å². The molecular weight excluding hydrogens is 311 g/mol. The van der Waals surface area contributed by atoms with Gasteiger partial charge in [0.25, 0.3) is 5.91 Å². The molecule has 1 aromatic carbocycles. The zero-order valence-electron chi connectivity index (χ0n) is 12.2. The second-order valence-electron chi connectivity index (χ2n) is 5.40. The summed E-state index contributed by atoms with van der Waals surface area (Å²) < 4.78 is 5.61.